The van der Waals surface area contributed by atoms with E-state index < -0.39 is 6.71 Å². The molecule has 7 aliphatic rings. The van der Waals surface area contributed by atoms with E-state index in [-0.39, 0.29) is 19.5 Å². The smallest absolute Gasteiger partial charge is 0.263 e. The predicted octanol–water partition coefficient (Wildman–Crippen LogP) is 7.29. The summed E-state index contributed by atoms with van der Waals surface area (Å²) in [6.07, 6.45) is 4.83. The van der Waals surface area contributed by atoms with E-state index in [0.29, 0.717) is 6.42 Å². The van der Waals surface area contributed by atoms with Gasteiger partial charge in [0.15, 0.2) is 0 Å². The van der Waals surface area contributed by atoms with Crippen LogP contribution < -0.4 is 77.9 Å². The number of rotatable bonds is 3. The lowest BCUT2D eigenvalue weighted by Gasteiger charge is -2.47. The van der Waals surface area contributed by atoms with E-state index in [1.165, 1.54) is 0 Å². The fourth-order valence-corrected chi connectivity index (χ4v) is 12.3. The van der Waals surface area contributed by atoms with Gasteiger partial charge in [0.05, 0.1) is 5.69 Å². The lowest BCUT2D eigenvalue weighted by atomic mass is 9.29. The van der Waals surface area contributed by atoms with Crippen LogP contribution in [0.5, 0.6) is 46.0 Å². The van der Waals surface area contributed by atoms with Gasteiger partial charge < -0.3 is 28.7 Å². The van der Waals surface area contributed by atoms with Crippen LogP contribution in [-0.4, -0.2) is 31.2 Å². The molecule has 10 heteroatoms. The zero-order chi connectivity index (χ0) is 44.9. The largest absolute Gasteiger partial charge is 0.459 e. The third-order valence-corrected chi connectivity index (χ3v) is 15.0. The fourth-order valence-electron chi connectivity index (χ4n) is 12.3. The summed E-state index contributed by atoms with van der Waals surface area (Å²) >= 11 is 0. The monoisotopic (exact) mass is 881 g/mol. The molecule has 0 saturated heterocycles. The Labute approximate surface area is 399 Å². The molecular weight excluding hydrogens is 847 g/mol. The second kappa shape index (κ2) is 13.9. The molecule has 1 aliphatic carbocycles. The van der Waals surface area contributed by atoms with Crippen molar-refractivity contribution in [3.8, 4) is 69.1 Å². The lowest BCUT2D eigenvalue weighted by molar-refractivity contribution is 0.466. The minimum atomic E-state index is -0.438. The van der Waals surface area contributed by atoms with Gasteiger partial charge in [0, 0.05) is 51.4 Å². The van der Waals surface area contributed by atoms with E-state index in [4.69, 9.17) is 23.9 Å². The molecule has 1 unspecified atom stereocenters. The highest BCUT2D eigenvalue weighted by molar-refractivity contribution is 7.05. The second-order valence-corrected chi connectivity index (χ2v) is 18.6. The predicted molar refractivity (Wildman–Crippen MR) is 278 cm³/mol. The Kier molecular flexibility index (Phi) is 7.51. The fraction of sp³-hybridized carbons (Fsp3) is 0.0339. The van der Waals surface area contributed by atoms with Gasteiger partial charge in [-0.15, -0.1) is 0 Å². The number of pyridine rings is 1. The van der Waals surface area contributed by atoms with Crippen molar-refractivity contribution in [3.63, 3.8) is 0 Å². The van der Waals surface area contributed by atoms with Gasteiger partial charge in [0.2, 0.25) is 0 Å². The molecule has 8 aromatic carbocycles. The van der Waals surface area contributed by atoms with E-state index in [0.717, 1.165) is 135 Å². The molecule has 7 nitrogen and oxygen atoms in total. The van der Waals surface area contributed by atoms with Crippen molar-refractivity contribution < 1.29 is 18.9 Å². The molecule has 6 aliphatic heterocycles. The van der Waals surface area contributed by atoms with Crippen LogP contribution in [0.15, 0.2) is 188 Å². The zero-order valence-corrected chi connectivity index (χ0v) is 36.9. The maximum atomic E-state index is 7.47. The van der Waals surface area contributed by atoms with Gasteiger partial charge in [-0.05, 0) is 93.2 Å². The van der Waals surface area contributed by atoms with Gasteiger partial charge in [-0.3, -0.25) is 0 Å². The Balaban J connectivity index is 1.08. The summed E-state index contributed by atoms with van der Waals surface area (Å²) in [5, 5.41) is 0. The first-order chi connectivity index (χ1) is 34.2. The van der Waals surface area contributed by atoms with Gasteiger partial charge >= 0.3 is 0 Å². The maximum Gasteiger partial charge on any atom is 0.263 e. The van der Waals surface area contributed by atoms with Gasteiger partial charge in [-0.2, -0.15) is 0 Å². The maximum absolute atomic E-state index is 7.47. The third-order valence-electron chi connectivity index (χ3n) is 15.0. The average molecular weight is 881 g/mol. The third kappa shape index (κ3) is 5.08. The average Bonchev–Trinajstić information content (AvgIpc) is 3.41. The highest BCUT2D eigenvalue weighted by atomic mass is 16.5. The number of para-hydroxylation sites is 5. The van der Waals surface area contributed by atoms with E-state index in [9.17, 15) is 0 Å². The first-order valence-electron chi connectivity index (χ1n) is 23.6. The molecule has 0 radical (unpaired) electrons. The molecule has 7 heterocycles. The number of hydrogen-bond acceptors (Lipinski definition) is 7. The van der Waals surface area contributed by atoms with Crippen molar-refractivity contribution in [3.05, 3.63) is 188 Å². The van der Waals surface area contributed by atoms with Crippen molar-refractivity contribution in [2.75, 3.05) is 9.80 Å². The van der Waals surface area contributed by atoms with E-state index in [2.05, 4.69) is 204 Å². The van der Waals surface area contributed by atoms with Crippen LogP contribution in [0.2, 0.25) is 0 Å². The molecule has 0 spiro atoms. The van der Waals surface area contributed by atoms with Crippen molar-refractivity contribution in [2.24, 2.45) is 0 Å². The van der Waals surface area contributed by atoms with Crippen molar-refractivity contribution in [2.45, 2.75) is 12.5 Å². The Morgan fingerprint density at radius 1 is 0.464 bits per heavy atom. The van der Waals surface area contributed by atoms with Gasteiger partial charge in [-0.25, -0.2) is 4.98 Å². The van der Waals surface area contributed by atoms with Crippen molar-refractivity contribution in [1.29, 1.82) is 0 Å². The van der Waals surface area contributed by atoms with Crippen LogP contribution in [-0.2, 0) is 0 Å². The van der Waals surface area contributed by atoms with Gasteiger partial charge in [0.1, 0.15) is 57.9 Å². The standard InChI is InChI=1S/C59H34B3N3O4/c1-4-18-35(19-5-1)42-32-43-54-59(63-42)65(37-22-8-3-9-23-37)45-34-51-56-58(69-49-31-17-13-27-41(49)61(56)39-25-11-15-29-47(39)67-51)53(45)62(54)52-44(64(43)36-20-6-2-7-21-36)33-50-55-57(52)68-48-30-16-12-26-40(48)60(55)38-24-10-14-28-46(38)66-50/h1-8,10-21,24-34,37H,22H2. The molecule has 0 N–H and O–H groups in total. The highest BCUT2D eigenvalue weighted by Crippen LogP contribution is 2.49. The summed E-state index contributed by atoms with van der Waals surface area (Å²) in [4.78, 5) is 10.6. The second-order valence-electron chi connectivity index (χ2n) is 18.6. The van der Waals surface area contributed by atoms with Gasteiger partial charge in [0.25, 0.3) is 20.1 Å². The van der Waals surface area contributed by atoms with Crippen molar-refractivity contribution in [1.82, 2.24) is 4.98 Å². The Bertz CT molecular complexity index is 3830. The van der Waals surface area contributed by atoms with E-state index in [1.807, 2.05) is 6.08 Å². The Hall–Kier alpha value is -8.80. The number of ether oxygens (including phenoxy) is 4. The highest BCUT2D eigenvalue weighted by Gasteiger charge is 2.54. The first kappa shape index (κ1) is 37.3. The van der Waals surface area contributed by atoms with Crippen LogP contribution in [0.25, 0.3) is 11.3 Å². The quantitative estimate of drug-likeness (QED) is 0.137. The number of allylic oxidation sites excluding steroid dienone is 1. The number of nitrogens with zero attached hydrogens (tertiary/aromatic N) is 3. The SMILES string of the molecule is C1#CC(N2c3cc4c5c(c3B3c6c(cc(-c7ccccc7)nc62)N(c2ccccc2)c2cc6c7c(c23)Oc2ccccc2B7c2ccccc2O6)Oc2ccccc2B5c2ccccc2O4)CC=C1. The molecule has 0 saturated carbocycles. The molecule has 16 rings (SSSR count). The molecule has 69 heavy (non-hydrogen) atoms. The molecule has 1 atom stereocenters. The Morgan fingerprint density at radius 3 is 1.52 bits per heavy atom. The van der Waals surface area contributed by atoms with Crippen LogP contribution in [0.3, 0.4) is 0 Å². The minimum Gasteiger partial charge on any atom is -0.459 e. The van der Waals surface area contributed by atoms with Crippen LogP contribution in [0, 0.1) is 11.8 Å². The Morgan fingerprint density at radius 2 is 0.957 bits per heavy atom. The van der Waals surface area contributed by atoms with Crippen LogP contribution in [0.4, 0.5) is 28.6 Å². The molecule has 0 bridgehead atoms. The molecule has 9 aromatic rings. The van der Waals surface area contributed by atoms with Crippen molar-refractivity contribution >= 4 is 97.9 Å². The van der Waals surface area contributed by atoms with Crippen LogP contribution in [0.1, 0.15) is 6.42 Å². The number of benzene rings is 8. The molecule has 0 amide bonds. The lowest BCUT2D eigenvalue weighted by Crippen LogP contribution is -2.67. The molecule has 318 valence electrons. The van der Waals surface area contributed by atoms with E-state index >= 15 is 0 Å². The number of fused-ring (bicyclic) bond motifs is 14. The number of anilines is 5. The minimum absolute atomic E-state index is 0.135. The number of hydrogen-bond donors (Lipinski definition) is 0. The summed E-state index contributed by atoms with van der Waals surface area (Å²) in [6, 6.07) is 61.5. The summed E-state index contributed by atoms with van der Waals surface area (Å²) < 4.78 is 29.1. The first-order valence-corrected chi connectivity index (χ1v) is 23.6. The molecular formula is C59H34B3N3O4. The molecule has 0 fully saturated rings. The summed E-state index contributed by atoms with van der Waals surface area (Å²) in [7, 11) is 0. The zero-order valence-electron chi connectivity index (χ0n) is 36.9. The van der Waals surface area contributed by atoms with Gasteiger partial charge in [-0.1, -0.05) is 139 Å². The summed E-state index contributed by atoms with van der Waals surface area (Å²) in [6.45, 7) is -0.709. The van der Waals surface area contributed by atoms with E-state index in [1.54, 1.807) is 0 Å². The van der Waals surface area contributed by atoms with Crippen LogP contribution >= 0.6 is 0 Å². The molecule has 1 aromatic heterocycles. The topological polar surface area (TPSA) is 56.3 Å². The summed E-state index contributed by atoms with van der Waals surface area (Å²) in [5.41, 5.74) is 15.3. The normalized spacial score (nSPS) is 15.9. The number of aromatic nitrogens is 1. The summed E-state index contributed by atoms with van der Waals surface area (Å²) in [5.74, 6) is 14.3.